The molecule has 1 aromatic heterocycles. The van der Waals surface area contributed by atoms with Crippen LogP contribution in [0.4, 0.5) is 5.69 Å². The maximum Gasteiger partial charge on any atom is 0.256 e. The van der Waals surface area contributed by atoms with Crippen molar-refractivity contribution >= 4 is 11.6 Å². The standard InChI is InChI=1S/C18H21N3O2/c1-13(21-11-9-14-6-3-4-8-16(14)21)12-20-17(22)15-7-5-10-19-18(15)23-2/h3-8,10,13H,9,11-12H2,1-2H3,(H,20,22)/t13-/m1/s1. The van der Waals surface area contributed by atoms with Gasteiger partial charge in [0.2, 0.25) is 5.88 Å². The normalized spacial score (nSPS) is 14.3. The zero-order valence-electron chi connectivity index (χ0n) is 13.5. The number of carbonyl (C=O) groups is 1. The minimum absolute atomic E-state index is 0.158. The molecule has 1 amide bonds. The van der Waals surface area contributed by atoms with Gasteiger partial charge in [-0.15, -0.1) is 0 Å². The molecule has 5 nitrogen and oxygen atoms in total. The van der Waals surface area contributed by atoms with E-state index in [0.29, 0.717) is 18.0 Å². The zero-order chi connectivity index (χ0) is 16.2. The molecule has 0 fully saturated rings. The molecule has 0 unspecified atom stereocenters. The van der Waals surface area contributed by atoms with Gasteiger partial charge in [0.15, 0.2) is 0 Å². The Hall–Kier alpha value is -2.56. The van der Waals surface area contributed by atoms with E-state index >= 15 is 0 Å². The summed E-state index contributed by atoms with van der Waals surface area (Å²) in [4.78, 5) is 18.7. The number of nitrogens with one attached hydrogen (secondary N) is 1. The maximum atomic E-state index is 12.3. The number of fused-ring (bicyclic) bond motifs is 1. The highest BCUT2D eigenvalue weighted by molar-refractivity contribution is 5.96. The molecule has 5 heteroatoms. The number of carbonyl (C=O) groups excluding carboxylic acids is 1. The molecule has 0 aliphatic carbocycles. The lowest BCUT2D eigenvalue weighted by atomic mass is 10.1. The number of ether oxygens (including phenoxy) is 1. The van der Waals surface area contributed by atoms with Crippen molar-refractivity contribution in [3.05, 3.63) is 53.7 Å². The average Bonchev–Trinajstić information content (AvgIpc) is 3.03. The lowest BCUT2D eigenvalue weighted by molar-refractivity contribution is 0.0947. The number of anilines is 1. The van der Waals surface area contributed by atoms with E-state index < -0.39 is 0 Å². The van der Waals surface area contributed by atoms with Crippen LogP contribution in [0.1, 0.15) is 22.8 Å². The van der Waals surface area contributed by atoms with Crippen molar-refractivity contribution in [3.63, 3.8) is 0 Å². The first kappa shape index (κ1) is 15.3. The Balaban J connectivity index is 1.63. The van der Waals surface area contributed by atoms with Crippen LogP contribution < -0.4 is 15.0 Å². The van der Waals surface area contributed by atoms with E-state index in [4.69, 9.17) is 4.74 Å². The number of methoxy groups -OCH3 is 1. The molecule has 2 aromatic rings. The Labute approximate surface area is 136 Å². The van der Waals surface area contributed by atoms with E-state index in [1.807, 2.05) is 0 Å². The molecule has 120 valence electrons. The molecule has 1 atom stereocenters. The summed E-state index contributed by atoms with van der Waals surface area (Å²) in [6.45, 7) is 3.70. The Morgan fingerprint density at radius 1 is 1.35 bits per heavy atom. The Morgan fingerprint density at radius 2 is 2.17 bits per heavy atom. The monoisotopic (exact) mass is 311 g/mol. The number of hydrogen-bond donors (Lipinski definition) is 1. The van der Waals surface area contributed by atoms with Crippen LogP contribution in [-0.2, 0) is 6.42 Å². The third-order valence-electron chi connectivity index (χ3n) is 4.22. The molecular formula is C18H21N3O2. The minimum Gasteiger partial charge on any atom is -0.480 e. The molecule has 0 saturated carbocycles. The van der Waals surface area contributed by atoms with Crippen LogP contribution in [0, 0.1) is 0 Å². The van der Waals surface area contributed by atoms with Crippen LogP contribution in [0.15, 0.2) is 42.6 Å². The van der Waals surface area contributed by atoms with Gasteiger partial charge >= 0.3 is 0 Å². The number of para-hydroxylation sites is 1. The van der Waals surface area contributed by atoms with Gasteiger partial charge in [-0.1, -0.05) is 18.2 Å². The second-order valence-electron chi connectivity index (χ2n) is 5.69. The number of hydrogen-bond acceptors (Lipinski definition) is 4. The number of pyridine rings is 1. The third kappa shape index (κ3) is 3.13. The third-order valence-corrected chi connectivity index (χ3v) is 4.22. The topological polar surface area (TPSA) is 54.5 Å². The Morgan fingerprint density at radius 3 is 3.00 bits per heavy atom. The number of benzene rings is 1. The maximum absolute atomic E-state index is 12.3. The molecule has 0 spiro atoms. The van der Waals surface area contributed by atoms with Gasteiger partial charge in [-0.3, -0.25) is 4.79 Å². The summed E-state index contributed by atoms with van der Waals surface area (Å²) in [7, 11) is 1.52. The quantitative estimate of drug-likeness (QED) is 0.920. The fraction of sp³-hybridized carbons (Fsp3) is 0.333. The van der Waals surface area contributed by atoms with E-state index in [1.54, 1.807) is 18.3 Å². The van der Waals surface area contributed by atoms with Crippen molar-refractivity contribution in [3.8, 4) is 5.88 Å². The summed E-state index contributed by atoms with van der Waals surface area (Å²) < 4.78 is 5.14. The molecule has 1 N–H and O–H groups in total. The fourth-order valence-electron chi connectivity index (χ4n) is 2.99. The van der Waals surface area contributed by atoms with Crippen LogP contribution >= 0.6 is 0 Å². The summed E-state index contributed by atoms with van der Waals surface area (Å²) in [6, 6.07) is 12.1. The molecule has 1 aromatic carbocycles. The summed E-state index contributed by atoms with van der Waals surface area (Å²) >= 11 is 0. The first-order valence-corrected chi connectivity index (χ1v) is 7.82. The minimum atomic E-state index is -0.158. The predicted molar refractivity (Wildman–Crippen MR) is 90.1 cm³/mol. The number of rotatable bonds is 5. The van der Waals surface area contributed by atoms with Crippen LogP contribution in [0.2, 0.25) is 0 Å². The lowest BCUT2D eigenvalue weighted by Gasteiger charge is -2.27. The highest BCUT2D eigenvalue weighted by Crippen LogP contribution is 2.28. The summed E-state index contributed by atoms with van der Waals surface area (Å²) in [5.41, 5.74) is 3.11. The average molecular weight is 311 g/mol. The predicted octanol–water partition coefficient (Wildman–Crippen LogP) is 2.27. The van der Waals surface area contributed by atoms with Gasteiger partial charge in [-0.05, 0) is 37.1 Å². The molecule has 23 heavy (non-hydrogen) atoms. The van der Waals surface area contributed by atoms with Crippen molar-refractivity contribution in [2.45, 2.75) is 19.4 Å². The summed E-state index contributed by atoms with van der Waals surface area (Å²) in [5, 5.41) is 2.98. The van der Waals surface area contributed by atoms with Crippen LogP contribution in [0.5, 0.6) is 5.88 Å². The highest BCUT2D eigenvalue weighted by Gasteiger charge is 2.23. The molecule has 1 aliphatic rings. The van der Waals surface area contributed by atoms with Crippen LogP contribution in [0.3, 0.4) is 0 Å². The number of amides is 1. The second-order valence-corrected chi connectivity index (χ2v) is 5.69. The first-order chi connectivity index (χ1) is 11.2. The van der Waals surface area contributed by atoms with E-state index in [-0.39, 0.29) is 11.9 Å². The molecule has 1 aliphatic heterocycles. The van der Waals surface area contributed by atoms with E-state index in [2.05, 4.69) is 46.4 Å². The van der Waals surface area contributed by atoms with Gasteiger partial charge in [0.05, 0.1) is 7.11 Å². The van der Waals surface area contributed by atoms with Gasteiger partial charge in [-0.2, -0.15) is 0 Å². The van der Waals surface area contributed by atoms with Crippen molar-refractivity contribution in [1.29, 1.82) is 0 Å². The van der Waals surface area contributed by atoms with Crippen molar-refractivity contribution < 1.29 is 9.53 Å². The molecular weight excluding hydrogens is 290 g/mol. The second kappa shape index (κ2) is 6.69. The van der Waals surface area contributed by atoms with Crippen molar-refractivity contribution in [1.82, 2.24) is 10.3 Å². The Bertz CT molecular complexity index is 702. The largest absolute Gasteiger partial charge is 0.480 e. The van der Waals surface area contributed by atoms with Crippen LogP contribution in [-0.4, -0.2) is 37.1 Å². The van der Waals surface area contributed by atoms with Gasteiger partial charge in [-0.25, -0.2) is 4.98 Å². The molecule has 0 saturated heterocycles. The van der Waals surface area contributed by atoms with Gasteiger partial charge in [0.25, 0.3) is 5.91 Å². The highest BCUT2D eigenvalue weighted by atomic mass is 16.5. The Kier molecular flexibility index (Phi) is 4.46. The van der Waals surface area contributed by atoms with Gasteiger partial charge < -0.3 is 15.0 Å². The van der Waals surface area contributed by atoms with E-state index in [1.165, 1.54) is 18.4 Å². The van der Waals surface area contributed by atoms with Crippen molar-refractivity contribution in [2.75, 3.05) is 25.1 Å². The number of nitrogens with zero attached hydrogens (tertiary/aromatic N) is 2. The molecule has 0 bridgehead atoms. The van der Waals surface area contributed by atoms with Gasteiger partial charge in [0.1, 0.15) is 5.56 Å². The molecule has 0 radical (unpaired) electrons. The zero-order valence-corrected chi connectivity index (χ0v) is 13.5. The molecule has 3 rings (SSSR count). The lowest BCUT2D eigenvalue weighted by Crippen LogP contribution is -2.41. The van der Waals surface area contributed by atoms with E-state index in [0.717, 1.165) is 13.0 Å². The fourth-order valence-corrected chi connectivity index (χ4v) is 2.99. The molecule has 2 heterocycles. The first-order valence-electron chi connectivity index (χ1n) is 7.82. The number of aromatic nitrogens is 1. The SMILES string of the molecule is COc1ncccc1C(=O)NC[C@@H](C)N1CCc2ccccc21. The van der Waals surface area contributed by atoms with E-state index in [9.17, 15) is 4.79 Å². The summed E-state index contributed by atoms with van der Waals surface area (Å²) in [5.74, 6) is 0.193. The smallest absolute Gasteiger partial charge is 0.256 e. The van der Waals surface area contributed by atoms with Crippen LogP contribution in [0.25, 0.3) is 0 Å². The van der Waals surface area contributed by atoms with Crippen molar-refractivity contribution in [2.24, 2.45) is 0 Å². The summed E-state index contributed by atoms with van der Waals surface area (Å²) in [6.07, 6.45) is 2.67. The van der Waals surface area contributed by atoms with Gasteiger partial charge in [0, 0.05) is 31.0 Å².